The van der Waals surface area contributed by atoms with Crippen LogP contribution >= 0.6 is 0 Å². The molecule has 2 amide bonds. The Morgan fingerprint density at radius 1 is 1.04 bits per heavy atom. The van der Waals surface area contributed by atoms with Crippen molar-refractivity contribution in [3.05, 3.63) is 29.3 Å². The lowest BCUT2D eigenvalue weighted by Crippen LogP contribution is -2.40. The number of hydrogen-bond acceptors (Lipinski definition) is 5. The smallest absolute Gasteiger partial charge is 0.326 e. The summed E-state index contributed by atoms with van der Waals surface area (Å²) >= 11 is 0. The third-order valence-corrected chi connectivity index (χ3v) is 3.32. The highest BCUT2D eigenvalue weighted by atomic mass is 16.6. The number of nitrogens with one attached hydrogen (secondary N) is 2. The van der Waals surface area contributed by atoms with Crippen LogP contribution in [-0.2, 0) is 27.3 Å². The molecule has 0 spiro atoms. The summed E-state index contributed by atoms with van der Waals surface area (Å²) in [6.45, 7) is 6.26. The average molecular weight is 396 g/mol. The van der Waals surface area contributed by atoms with Gasteiger partial charge >= 0.3 is 18.0 Å². The van der Waals surface area contributed by atoms with E-state index in [2.05, 4.69) is 15.8 Å². The van der Waals surface area contributed by atoms with Crippen LogP contribution in [0.5, 0.6) is 0 Å². The minimum Gasteiger partial charge on any atom is -0.481 e. The number of anilines is 1. The summed E-state index contributed by atoms with van der Waals surface area (Å²) in [4.78, 5) is 35.9. The molecular weight excluding hydrogens is 368 g/mol. The second-order valence-corrected chi connectivity index (χ2v) is 5.42. The topological polar surface area (TPSA) is 163 Å². The second-order valence-electron chi connectivity index (χ2n) is 5.42. The minimum absolute atomic E-state index is 0.0728. The predicted octanol–water partition coefficient (Wildman–Crippen LogP) is 2.13. The van der Waals surface area contributed by atoms with Gasteiger partial charge in [0.2, 0.25) is 5.96 Å². The van der Waals surface area contributed by atoms with Gasteiger partial charge in [0.1, 0.15) is 6.61 Å². The van der Waals surface area contributed by atoms with Gasteiger partial charge < -0.3 is 26.1 Å². The molecule has 0 aliphatic carbocycles. The van der Waals surface area contributed by atoms with Crippen molar-refractivity contribution in [1.82, 2.24) is 5.32 Å². The van der Waals surface area contributed by atoms with Crippen molar-refractivity contribution < 1.29 is 29.4 Å². The molecule has 0 unspecified atom stereocenters. The van der Waals surface area contributed by atoms with Crippen molar-refractivity contribution in [3.63, 3.8) is 0 Å². The van der Waals surface area contributed by atoms with Crippen LogP contribution in [0.3, 0.4) is 0 Å². The van der Waals surface area contributed by atoms with E-state index >= 15 is 0 Å². The third kappa shape index (κ3) is 10.6. The van der Waals surface area contributed by atoms with Crippen molar-refractivity contribution in [1.29, 1.82) is 0 Å². The maximum Gasteiger partial charge on any atom is 0.326 e. The summed E-state index contributed by atoms with van der Waals surface area (Å²) in [7, 11) is 0. The fourth-order valence-electron chi connectivity index (χ4n) is 2.04. The molecular formula is C18H28N4O6. The van der Waals surface area contributed by atoms with Crippen molar-refractivity contribution in [2.45, 2.75) is 46.5 Å². The normalized spacial score (nSPS) is 10.3. The molecule has 0 saturated carbocycles. The van der Waals surface area contributed by atoms with Crippen LogP contribution in [0.25, 0.3) is 0 Å². The number of nitrogens with two attached hydrogens (primary N) is 1. The summed E-state index contributed by atoms with van der Waals surface area (Å²) in [5, 5.41) is 24.6. The van der Waals surface area contributed by atoms with E-state index in [1.54, 1.807) is 6.92 Å². The molecule has 10 nitrogen and oxygen atoms in total. The number of carboxylic acid groups (broad SMARTS) is 2. The van der Waals surface area contributed by atoms with E-state index in [1.165, 1.54) is 0 Å². The number of carboxylic acids is 2. The van der Waals surface area contributed by atoms with Gasteiger partial charge in [0.05, 0.1) is 12.8 Å². The summed E-state index contributed by atoms with van der Waals surface area (Å²) < 4.78 is 0. The number of aryl methyl sites for hydroxylation is 2. The molecule has 156 valence electrons. The van der Waals surface area contributed by atoms with E-state index in [0.717, 1.165) is 29.7 Å². The Labute approximate surface area is 163 Å². The largest absolute Gasteiger partial charge is 0.481 e. The summed E-state index contributed by atoms with van der Waals surface area (Å²) in [6, 6.07) is 5.55. The number of urea groups is 1. The molecule has 0 atom stereocenters. The number of benzene rings is 1. The zero-order chi connectivity index (χ0) is 21.5. The highest BCUT2D eigenvalue weighted by Gasteiger charge is 2.10. The summed E-state index contributed by atoms with van der Waals surface area (Å²) in [5.41, 5.74) is 8.51. The third-order valence-electron chi connectivity index (χ3n) is 3.32. The number of guanidine groups is 1. The SMILES string of the molecule is CCON=C(N)NC(=O)Nc1c(CC)cccc1CC.O=C(O)CCC(=O)O. The Morgan fingerprint density at radius 2 is 1.54 bits per heavy atom. The van der Waals surface area contributed by atoms with Crippen molar-refractivity contribution >= 4 is 29.6 Å². The number of rotatable bonds is 8. The van der Waals surface area contributed by atoms with E-state index in [1.807, 2.05) is 32.0 Å². The van der Waals surface area contributed by atoms with Gasteiger partial charge in [0, 0.05) is 5.69 Å². The van der Waals surface area contributed by atoms with Gasteiger partial charge in [0.15, 0.2) is 0 Å². The molecule has 0 fully saturated rings. The van der Waals surface area contributed by atoms with Gasteiger partial charge in [-0.05, 0) is 36.0 Å². The van der Waals surface area contributed by atoms with Crippen LogP contribution in [-0.4, -0.2) is 40.7 Å². The lowest BCUT2D eigenvalue weighted by atomic mass is 10.0. The zero-order valence-electron chi connectivity index (χ0n) is 16.3. The molecule has 1 aromatic carbocycles. The number of carbonyl (C=O) groups is 3. The minimum atomic E-state index is -1.08. The molecule has 6 N–H and O–H groups in total. The highest BCUT2D eigenvalue weighted by molar-refractivity contribution is 6.02. The van der Waals surface area contributed by atoms with Crippen LogP contribution in [0.2, 0.25) is 0 Å². The van der Waals surface area contributed by atoms with Crippen LogP contribution in [0.1, 0.15) is 44.7 Å². The molecule has 1 rings (SSSR count). The molecule has 0 bridgehead atoms. The molecule has 0 heterocycles. The van der Waals surface area contributed by atoms with E-state index in [9.17, 15) is 14.4 Å². The van der Waals surface area contributed by atoms with Gasteiger partial charge in [-0.1, -0.05) is 32.0 Å². The molecule has 10 heteroatoms. The van der Waals surface area contributed by atoms with Gasteiger partial charge in [-0.2, -0.15) is 0 Å². The molecule has 0 aromatic heterocycles. The fourth-order valence-corrected chi connectivity index (χ4v) is 2.04. The Bertz CT molecular complexity index is 654. The van der Waals surface area contributed by atoms with Crippen LogP contribution < -0.4 is 16.4 Å². The van der Waals surface area contributed by atoms with Crippen molar-refractivity contribution in [3.8, 4) is 0 Å². The quantitative estimate of drug-likeness (QED) is 0.255. The number of amides is 2. The number of oxime groups is 1. The lowest BCUT2D eigenvalue weighted by Gasteiger charge is -2.14. The number of carbonyl (C=O) groups excluding carboxylic acids is 1. The monoisotopic (exact) mass is 396 g/mol. The molecule has 0 radical (unpaired) electrons. The first-order valence-corrected chi connectivity index (χ1v) is 8.82. The summed E-state index contributed by atoms with van der Waals surface area (Å²) in [5.74, 6) is -2.23. The summed E-state index contributed by atoms with van der Waals surface area (Å²) in [6.07, 6.45) is 1.09. The van der Waals surface area contributed by atoms with Crippen LogP contribution in [0.15, 0.2) is 23.4 Å². The first kappa shape index (κ1) is 24.7. The fraction of sp³-hybridized carbons (Fsp3) is 0.444. The van der Waals surface area contributed by atoms with E-state index < -0.39 is 18.0 Å². The maximum absolute atomic E-state index is 11.9. The number of aliphatic carboxylic acids is 2. The van der Waals surface area contributed by atoms with Crippen LogP contribution in [0.4, 0.5) is 10.5 Å². The second kappa shape index (κ2) is 13.8. The Hall–Kier alpha value is -3.30. The zero-order valence-corrected chi connectivity index (χ0v) is 16.3. The lowest BCUT2D eigenvalue weighted by molar-refractivity contribution is -0.143. The highest BCUT2D eigenvalue weighted by Crippen LogP contribution is 2.22. The first-order chi connectivity index (χ1) is 13.2. The average Bonchev–Trinajstić information content (AvgIpc) is 2.65. The Morgan fingerprint density at radius 3 is 1.93 bits per heavy atom. The van der Waals surface area contributed by atoms with Crippen LogP contribution in [0, 0.1) is 0 Å². The van der Waals surface area contributed by atoms with Gasteiger partial charge in [-0.25, -0.2) is 4.79 Å². The molecule has 28 heavy (non-hydrogen) atoms. The molecule has 0 saturated heterocycles. The van der Waals surface area contributed by atoms with E-state index in [0.29, 0.717) is 6.61 Å². The van der Waals surface area contributed by atoms with Gasteiger partial charge in [-0.15, -0.1) is 0 Å². The standard InChI is InChI=1S/C14H22N4O2.C4H6O4/c1-4-10-8-7-9-11(5-2)12(10)16-14(19)17-13(15)18-20-6-3;5-3(6)1-2-4(7)8/h7-9H,4-6H2,1-3H3,(H4,15,16,17,18,19);1-2H2,(H,5,6)(H,7,8). The number of hydrogen-bond donors (Lipinski definition) is 5. The van der Waals surface area contributed by atoms with E-state index in [4.69, 9.17) is 20.8 Å². The Kier molecular flexibility index (Phi) is 12.2. The van der Waals surface area contributed by atoms with Gasteiger partial charge in [0.25, 0.3) is 0 Å². The van der Waals surface area contributed by atoms with E-state index in [-0.39, 0.29) is 18.8 Å². The first-order valence-electron chi connectivity index (χ1n) is 8.82. The number of para-hydroxylation sites is 1. The molecule has 0 aliphatic rings. The molecule has 1 aromatic rings. The van der Waals surface area contributed by atoms with Crippen molar-refractivity contribution in [2.24, 2.45) is 10.9 Å². The Balaban J connectivity index is 0.000000769. The van der Waals surface area contributed by atoms with Gasteiger partial charge in [-0.3, -0.25) is 14.9 Å². The number of nitrogens with zero attached hydrogens (tertiary/aromatic N) is 1. The van der Waals surface area contributed by atoms with Crippen molar-refractivity contribution in [2.75, 3.05) is 11.9 Å². The molecule has 0 aliphatic heterocycles. The maximum atomic E-state index is 11.9. The predicted molar refractivity (Wildman–Crippen MR) is 105 cm³/mol.